The van der Waals surface area contributed by atoms with Crippen LogP contribution in [0.15, 0.2) is 58.3 Å². The molecule has 0 aromatic heterocycles. The van der Waals surface area contributed by atoms with Gasteiger partial charge < -0.3 is 4.74 Å². The Balaban J connectivity index is 2.23. The minimum Gasteiger partial charge on any atom is -0.406 e. The number of alkyl halides is 6. The van der Waals surface area contributed by atoms with Crippen LogP contribution in [0, 0.1) is 0 Å². The molecule has 0 bridgehead atoms. The Kier molecular flexibility index (Phi) is 6.93. The minimum absolute atomic E-state index is 0.449. The molecule has 2 aromatic carbocycles. The van der Waals surface area contributed by atoms with Crippen LogP contribution in [0.3, 0.4) is 0 Å². The van der Waals surface area contributed by atoms with Crippen molar-refractivity contribution in [3.05, 3.63) is 54.1 Å². The monoisotopic (exact) mass is 505 g/mol. The van der Waals surface area contributed by atoms with E-state index >= 15 is 0 Å². The molecule has 32 heavy (non-hydrogen) atoms. The van der Waals surface area contributed by atoms with Crippen molar-refractivity contribution in [2.75, 3.05) is 6.54 Å². The molecule has 2 rings (SSSR count). The fourth-order valence-corrected chi connectivity index (χ4v) is 5.17. The summed E-state index contributed by atoms with van der Waals surface area (Å²) in [6.07, 6.45) is -9.75. The van der Waals surface area contributed by atoms with Crippen LogP contribution < -0.4 is 9.46 Å². The van der Waals surface area contributed by atoms with Gasteiger partial charge in [-0.25, -0.2) is 21.6 Å². The van der Waals surface area contributed by atoms with Gasteiger partial charge in [-0.2, -0.15) is 13.2 Å². The second-order valence-electron chi connectivity index (χ2n) is 7.13. The van der Waals surface area contributed by atoms with Crippen LogP contribution in [-0.4, -0.2) is 34.5 Å². The number of hydrogen-bond acceptors (Lipinski definition) is 5. The van der Waals surface area contributed by atoms with E-state index in [-0.39, 0.29) is 0 Å². The summed E-state index contributed by atoms with van der Waals surface area (Å²) in [7, 11) is -8.78. The maximum Gasteiger partial charge on any atom is 0.573 e. The summed E-state index contributed by atoms with van der Waals surface area (Å²) in [5, 5.41) is 0. The average Bonchev–Trinajstić information content (AvgIpc) is 2.65. The molecular formula is C18H17F6NO5S2. The number of rotatable bonds is 7. The first-order chi connectivity index (χ1) is 14.4. The van der Waals surface area contributed by atoms with Gasteiger partial charge >= 0.3 is 12.5 Å². The van der Waals surface area contributed by atoms with Gasteiger partial charge in [0.1, 0.15) is 5.75 Å². The van der Waals surface area contributed by atoms with E-state index in [2.05, 4.69) is 4.74 Å². The summed E-state index contributed by atoms with van der Waals surface area (Å²) in [5.74, 6) is -0.663. The Hall–Kier alpha value is -2.32. The van der Waals surface area contributed by atoms with E-state index < -0.39 is 64.8 Å². The van der Waals surface area contributed by atoms with Gasteiger partial charge in [0.2, 0.25) is 10.0 Å². The van der Waals surface area contributed by atoms with Gasteiger partial charge in [-0.1, -0.05) is 6.07 Å². The van der Waals surface area contributed by atoms with Crippen LogP contribution in [0.5, 0.6) is 5.75 Å². The molecule has 0 spiro atoms. The molecule has 0 saturated carbocycles. The van der Waals surface area contributed by atoms with E-state index in [1.807, 2.05) is 4.72 Å². The zero-order chi connectivity index (χ0) is 24.6. The summed E-state index contributed by atoms with van der Waals surface area (Å²) >= 11 is 0. The molecular weight excluding hydrogens is 488 g/mol. The van der Waals surface area contributed by atoms with Crippen molar-refractivity contribution >= 4 is 19.9 Å². The maximum atomic E-state index is 12.9. The third kappa shape index (κ3) is 6.13. The predicted octanol–water partition coefficient (Wildman–Crippen LogP) is 4.13. The standard InChI is InChI=1S/C18H17F6NO5S2/c1-16(2,31(26,27)15-5-3-4-12(10-15)17(19,20)21)11-25-32(28,29)14-8-6-13(7-9-14)30-18(22,23)24/h3-10,25H,11H2,1-2H3. The molecule has 0 aliphatic rings. The van der Waals surface area contributed by atoms with Gasteiger partial charge in [0, 0.05) is 6.54 Å². The molecule has 0 radical (unpaired) electrons. The molecule has 0 aliphatic heterocycles. The largest absolute Gasteiger partial charge is 0.573 e. The quantitative estimate of drug-likeness (QED) is 0.572. The van der Waals surface area contributed by atoms with E-state index in [1.54, 1.807) is 0 Å². The van der Waals surface area contributed by atoms with Gasteiger partial charge in [0.25, 0.3) is 0 Å². The van der Waals surface area contributed by atoms with Crippen molar-refractivity contribution in [2.24, 2.45) is 0 Å². The number of nitrogens with one attached hydrogen (secondary N) is 1. The fourth-order valence-electron chi connectivity index (χ4n) is 2.43. The molecule has 0 heterocycles. The first-order valence-corrected chi connectivity index (χ1v) is 11.6. The molecule has 14 heteroatoms. The summed E-state index contributed by atoms with van der Waals surface area (Å²) in [6.45, 7) is 1.51. The van der Waals surface area contributed by atoms with Crippen LogP contribution in [0.1, 0.15) is 19.4 Å². The third-order valence-corrected chi connectivity index (χ3v) is 8.15. The maximum absolute atomic E-state index is 12.9. The van der Waals surface area contributed by atoms with Gasteiger partial charge in [0.05, 0.1) is 20.1 Å². The van der Waals surface area contributed by atoms with Gasteiger partial charge in [-0.15, -0.1) is 13.2 Å². The lowest BCUT2D eigenvalue weighted by Gasteiger charge is -2.25. The molecule has 0 amide bonds. The zero-order valence-corrected chi connectivity index (χ0v) is 18.1. The summed E-state index contributed by atoms with van der Waals surface area (Å²) in [5.41, 5.74) is -1.18. The van der Waals surface area contributed by atoms with Crippen molar-refractivity contribution in [1.82, 2.24) is 4.72 Å². The second-order valence-corrected chi connectivity index (χ2v) is 11.5. The molecule has 2 aromatic rings. The average molecular weight is 505 g/mol. The SMILES string of the molecule is CC(C)(CNS(=O)(=O)c1ccc(OC(F)(F)F)cc1)S(=O)(=O)c1cccc(C(F)(F)F)c1. The Morgan fingerprint density at radius 1 is 0.844 bits per heavy atom. The van der Waals surface area contributed by atoms with Gasteiger partial charge in [-0.05, 0) is 56.3 Å². The molecule has 178 valence electrons. The van der Waals surface area contributed by atoms with Crippen LogP contribution >= 0.6 is 0 Å². The fraction of sp³-hybridized carbons (Fsp3) is 0.333. The van der Waals surface area contributed by atoms with Crippen LogP contribution in [0.2, 0.25) is 0 Å². The molecule has 0 aliphatic carbocycles. The lowest BCUT2D eigenvalue weighted by Crippen LogP contribution is -2.44. The normalized spacial score (nSPS) is 13.8. The third-order valence-electron chi connectivity index (χ3n) is 4.25. The van der Waals surface area contributed by atoms with Crippen molar-refractivity contribution in [3.63, 3.8) is 0 Å². The highest BCUT2D eigenvalue weighted by Gasteiger charge is 2.39. The molecule has 1 N–H and O–H groups in total. The van der Waals surface area contributed by atoms with E-state index in [0.29, 0.717) is 12.1 Å². The molecule has 0 unspecified atom stereocenters. The van der Waals surface area contributed by atoms with Crippen molar-refractivity contribution < 1.29 is 47.9 Å². The first-order valence-electron chi connectivity index (χ1n) is 8.63. The van der Waals surface area contributed by atoms with Crippen molar-refractivity contribution in [1.29, 1.82) is 0 Å². The second kappa shape index (κ2) is 8.56. The molecule has 0 fully saturated rings. The van der Waals surface area contributed by atoms with E-state index in [0.717, 1.165) is 50.2 Å². The highest BCUT2D eigenvalue weighted by Crippen LogP contribution is 2.33. The van der Waals surface area contributed by atoms with Crippen LogP contribution in [0.25, 0.3) is 0 Å². The van der Waals surface area contributed by atoms with Gasteiger partial charge in [-0.3, -0.25) is 0 Å². The highest BCUT2D eigenvalue weighted by molar-refractivity contribution is 7.93. The predicted molar refractivity (Wildman–Crippen MR) is 101 cm³/mol. The number of hydrogen-bond donors (Lipinski definition) is 1. The Bertz CT molecular complexity index is 1170. The van der Waals surface area contributed by atoms with Crippen LogP contribution in [-0.2, 0) is 26.0 Å². The minimum atomic E-state index is -4.97. The summed E-state index contributed by atoms with van der Waals surface area (Å²) in [4.78, 5) is -1.12. The van der Waals surface area contributed by atoms with E-state index in [1.165, 1.54) is 0 Å². The molecule has 0 saturated heterocycles. The van der Waals surface area contributed by atoms with Gasteiger partial charge in [0.15, 0.2) is 9.84 Å². The Labute approximate surface area is 180 Å². The van der Waals surface area contributed by atoms with Crippen molar-refractivity contribution in [2.45, 2.75) is 40.9 Å². The first kappa shape index (κ1) is 25.9. The van der Waals surface area contributed by atoms with Crippen LogP contribution in [0.4, 0.5) is 26.3 Å². The van der Waals surface area contributed by atoms with Crippen molar-refractivity contribution in [3.8, 4) is 5.75 Å². The lowest BCUT2D eigenvalue weighted by atomic mass is 10.2. The highest BCUT2D eigenvalue weighted by atomic mass is 32.2. The number of ether oxygens (including phenoxy) is 1. The summed E-state index contributed by atoms with van der Waals surface area (Å²) < 4.78 is 130. The van der Waals surface area contributed by atoms with E-state index in [4.69, 9.17) is 0 Å². The molecule has 6 nitrogen and oxygen atoms in total. The summed E-state index contributed by atoms with van der Waals surface area (Å²) in [6, 6.07) is 6.17. The Morgan fingerprint density at radius 2 is 1.41 bits per heavy atom. The zero-order valence-electron chi connectivity index (χ0n) is 16.5. The molecule has 0 atom stereocenters. The number of sulfonamides is 1. The number of halogens is 6. The number of benzene rings is 2. The topological polar surface area (TPSA) is 89.5 Å². The van der Waals surface area contributed by atoms with E-state index in [9.17, 15) is 43.2 Å². The lowest BCUT2D eigenvalue weighted by molar-refractivity contribution is -0.274. The number of sulfone groups is 1. The smallest absolute Gasteiger partial charge is 0.406 e. The Morgan fingerprint density at radius 3 is 1.91 bits per heavy atom.